The zero-order valence-electron chi connectivity index (χ0n) is 11.6. The third kappa shape index (κ3) is 2.88. The highest BCUT2D eigenvalue weighted by Crippen LogP contribution is 2.26. The SMILES string of the molecule is NCC(Nc1cccc(F)c1)c1cccc2ccccc12. The number of nitrogens with one attached hydrogen (secondary N) is 1. The summed E-state index contributed by atoms with van der Waals surface area (Å²) >= 11 is 0. The topological polar surface area (TPSA) is 38.0 Å². The largest absolute Gasteiger partial charge is 0.377 e. The Hall–Kier alpha value is -2.39. The average molecular weight is 280 g/mol. The van der Waals surface area contributed by atoms with E-state index >= 15 is 0 Å². The molecule has 1 unspecified atom stereocenters. The van der Waals surface area contributed by atoms with Crippen LogP contribution in [0, 0.1) is 5.82 Å². The Kier molecular flexibility index (Phi) is 3.84. The van der Waals surface area contributed by atoms with Gasteiger partial charge >= 0.3 is 0 Å². The van der Waals surface area contributed by atoms with Crippen molar-refractivity contribution in [3.63, 3.8) is 0 Å². The van der Waals surface area contributed by atoms with E-state index in [0.717, 1.165) is 11.3 Å². The normalized spacial score (nSPS) is 12.3. The quantitative estimate of drug-likeness (QED) is 0.755. The number of hydrogen-bond acceptors (Lipinski definition) is 2. The number of anilines is 1. The van der Waals surface area contributed by atoms with Crippen LogP contribution in [0.2, 0.25) is 0 Å². The van der Waals surface area contributed by atoms with Gasteiger partial charge in [0.15, 0.2) is 0 Å². The monoisotopic (exact) mass is 280 g/mol. The molecule has 0 bridgehead atoms. The lowest BCUT2D eigenvalue weighted by atomic mass is 9.98. The maximum absolute atomic E-state index is 13.3. The molecule has 1 atom stereocenters. The lowest BCUT2D eigenvalue weighted by Crippen LogP contribution is -2.20. The van der Waals surface area contributed by atoms with E-state index in [9.17, 15) is 4.39 Å². The van der Waals surface area contributed by atoms with Gasteiger partial charge < -0.3 is 11.1 Å². The zero-order valence-corrected chi connectivity index (χ0v) is 11.6. The maximum Gasteiger partial charge on any atom is 0.125 e. The van der Waals surface area contributed by atoms with Gasteiger partial charge in [0.25, 0.3) is 0 Å². The highest BCUT2D eigenvalue weighted by atomic mass is 19.1. The molecule has 0 radical (unpaired) electrons. The maximum atomic E-state index is 13.3. The van der Waals surface area contributed by atoms with E-state index in [0.29, 0.717) is 6.54 Å². The summed E-state index contributed by atoms with van der Waals surface area (Å²) in [6, 6.07) is 20.7. The van der Waals surface area contributed by atoms with Crippen LogP contribution in [0.5, 0.6) is 0 Å². The van der Waals surface area contributed by atoms with E-state index in [2.05, 4.69) is 29.6 Å². The highest BCUT2D eigenvalue weighted by molar-refractivity contribution is 5.86. The first-order chi connectivity index (χ1) is 10.3. The van der Waals surface area contributed by atoms with E-state index in [4.69, 9.17) is 5.73 Å². The molecule has 0 saturated carbocycles. The standard InChI is InChI=1S/C18H17FN2/c19-14-7-4-8-15(11-14)21-18(12-20)17-10-3-6-13-5-1-2-9-16(13)17/h1-11,18,21H,12,20H2. The minimum Gasteiger partial charge on any atom is -0.377 e. The summed E-state index contributed by atoms with van der Waals surface area (Å²) in [4.78, 5) is 0. The van der Waals surface area contributed by atoms with Crippen LogP contribution in [0.3, 0.4) is 0 Å². The molecule has 0 aliphatic heterocycles. The average Bonchev–Trinajstić information content (AvgIpc) is 2.52. The Balaban J connectivity index is 1.98. The van der Waals surface area contributed by atoms with Crippen molar-refractivity contribution in [1.82, 2.24) is 0 Å². The van der Waals surface area contributed by atoms with Crippen molar-refractivity contribution in [2.75, 3.05) is 11.9 Å². The van der Waals surface area contributed by atoms with Gasteiger partial charge in [-0.1, -0.05) is 48.5 Å². The van der Waals surface area contributed by atoms with Crippen LogP contribution in [0.15, 0.2) is 66.7 Å². The fraction of sp³-hybridized carbons (Fsp3) is 0.111. The van der Waals surface area contributed by atoms with Gasteiger partial charge in [-0.05, 0) is 34.5 Å². The molecule has 0 amide bonds. The molecular formula is C18H17FN2. The summed E-state index contributed by atoms with van der Waals surface area (Å²) in [5.41, 5.74) is 7.78. The summed E-state index contributed by atoms with van der Waals surface area (Å²) in [5.74, 6) is -0.256. The smallest absolute Gasteiger partial charge is 0.125 e. The molecule has 3 aromatic carbocycles. The molecule has 0 aromatic heterocycles. The molecule has 0 fully saturated rings. The second kappa shape index (κ2) is 5.94. The van der Waals surface area contributed by atoms with Crippen molar-refractivity contribution >= 4 is 16.5 Å². The van der Waals surface area contributed by atoms with Crippen molar-refractivity contribution in [2.24, 2.45) is 5.73 Å². The fourth-order valence-electron chi connectivity index (χ4n) is 2.60. The Morgan fingerprint density at radius 3 is 2.52 bits per heavy atom. The van der Waals surface area contributed by atoms with Crippen molar-refractivity contribution in [1.29, 1.82) is 0 Å². The number of nitrogens with two attached hydrogens (primary N) is 1. The third-order valence-electron chi connectivity index (χ3n) is 3.60. The van der Waals surface area contributed by atoms with Crippen LogP contribution in [0.1, 0.15) is 11.6 Å². The summed E-state index contributed by atoms with van der Waals surface area (Å²) in [7, 11) is 0. The van der Waals surface area contributed by atoms with E-state index in [1.165, 1.54) is 22.9 Å². The van der Waals surface area contributed by atoms with E-state index in [1.807, 2.05) is 24.3 Å². The molecule has 2 nitrogen and oxygen atoms in total. The molecule has 0 aliphatic carbocycles. The summed E-state index contributed by atoms with van der Waals surface area (Å²) in [6.07, 6.45) is 0. The van der Waals surface area contributed by atoms with Crippen LogP contribution in [-0.2, 0) is 0 Å². The van der Waals surface area contributed by atoms with E-state index in [-0.39, 0.29) is 11.9 Å². The number of hydrogen-bond donors (Lipinski definition) is 2. The molecular weight excluding hydrogens is 263 g/mol. The number of fused-ring (bicyclic) bond motifs is 1. The molecule has 0 aliphatic rings. The van der Waals surface area contributed by atoms with Gasteiger partial charge in [-0.25, -0.2) is 4.39 Å². The Morgan fingerprint density at radius 1 is 0.952 bits per heavy atom. The van der Waals surface area contributed by atoms with Gasteiger partial charge in [-0.15, -0.1) is 0 Å². The van der Waals surface area contributed by atoms with Gasteiger partial charge in [0.1, 0.15) is 5.82 Å². The zero-order chi connectivity index (χ0) is 14.7. The van der Waals surface area contributed by atoms with Gasteiger partial charge in [0.2, 0.25) is 0 Å². The summed E-state index contributed by atoms with van der Waals surface area (Å²) in [5, 5.41) is 5.65. The minimum absolute atomic E-state index is 0.0575. The lowest BCUT2D eigenvalue weighted by Gasteiger charge is -2.20. The molecule has 21 heavy (non-hydrogen) atoms. The molecule has 106 valence electrons. The minimum atomic E-state index is -0.256. The molecule has 0 heterocycles. The Bertz CT molecular complexity index is 750. The van der Waals surface area contributed by atoms with Crippen molar-refractivity contribution < 1.29 is 4.39 Å². The van der Waals surface area contributed by atoms with Gasteiger partial charge in [0, 0.05) is 12.2 Å². The first-order valence-corrected chi connectivity index (χ1v) is 6.98. The third-order valence-corrected chi connectivity index (χ3v) is 3.60. The second-order valence-corrected chi connectivity index (χ2v) is 5.01. The Morgan fingerprint density at radius 2 is 1.71 bits per heavy atom. The second-order valence-electron chi connectivity index (χ2n) is 5.01. The molecule has 0 saturated heterocycles. The molecule has 3 heteroatoms. The van der Waals surface area contributed by atoms with Crippen molar-refractivity contribution in [3.05, 3.63) is 78.1 Å². The predicted octanol–water partition coefficient (Wildman–Crippen LogP) is 4.09. The van der Waals surface area contributed by atoms with E-state index < -0.39 is 0 Å². The van der Waals surface area contributed by atoms with Gasteiger partial charge in [0.05, 0.1) is 6.04 Å². The van der Waals surface area contributed by atoms with E-state index in [1.54, 1.807) is 6.07 Å². The van der Waals surface area contributed by atoms with Gasteiger partial charge in [-0.3, -0.25) is 0 Å². The summed E-state index contributed by atoms with van der Waals surface area (Å²) in [6.45, 7) is 0.435. The molecule has 3 N–H and O–H groups in total. The molecule has 3 rings (SSSR count). The first-order valence-electron chi connectivity index (χ1n) is 6.98. The van der Waals surface area contributed by atoms with Crippen LogP contribution >= 0.6 is 0 Å². The fourth-order valence-corrected chi connectivity index (χ4v) is 2.60. The number of rotatable bonds is 4. The number of halogens is 1. The molecule has 3 aromatic rings. The van der Waals surface area contributed by atoms with Crippen molar-refractivity contribution in [3.8, 4) is 0 Å². The van der Waals surface area contributed by atoms with Crippen molar-refractivity contribution in [2.45, 2.75) is 6.04 Å². The van der Waals surface area contributed by atoms with Crippen LogP contribution in [0.25, 0.3) is 10.8 Å². The van der Waals surface area contributed by atoms with Crippen LogP contribution in [0.4, 0.5) is 10.1 Å². The van der Waals surface area contributed by atoms with Crippen LogP contribution in [-0.4, -0.2) is 6.54 Å². The van der Waals surface area contributed by atoms with Gasteiger partial charge in [-0.2, -0.15) is 0 Å². The molecule has 0 spiro atoms. The first kappa shape index (κ1) is 13.6. The highest BCUT2D eigenvalue weighted by Gasteiger charge is 2.12. The summed E-state index contributed by atoms with van der Waals surface area (Å²) < 4.78 is 13.3. The Labute approximate surface area is 123 Å². The van der Waals surface area contributed by atoms with Crippen LogP contribution < -0.4 is 11.1 Å². The number of benzene rings is 3. The predicted molar refractivity (Wildman–Crippen MR) is 85.8 cm³/mol. The lowest BCUT2D eigenvalue weighted by molar-refractivity contribution is 0.627.